The van der Waals surface area contributed by atoms with E-state index >= 15 is 0 Å². The first-order valence-corrected chi connectivity index (χ1v) is 8.68. The third-order valence-electron chi connectivity index (χ3n) is 4.09. The van der Waals surface area contributed by atoms with Crippen molar-refractivity contribution in [2.75, 3.05) is 17.7 Å². The minimum Gasteiger partial charge on any atom is -0.495 e. The number of nitrogens with zero attached hydrogens (tertiary/aromatic N) is 2. The quantitative estimate of drug-likeness (QED) is 0.687. The van der Waals surface area contributed by atoms with Gasteiger partial charge in [-0.05, 0) is 31.5 Å². The summed E-state index contributed by atoms with van der Waals surface area (Å²) in [4.78, 5) is 21.3. The predicted molar refractivity (Wildman–Crippen MR) is 106 cm³/mol. The van der Waals surface area contributed by atoms with Gasteiger partial charge in [0.2, 0.25) is 0 Å². The van der Waals surface area contributed by atoms with E-state index in [-0.39, 0.29) is 17.6 Å². The summed E-state index contributed by atoms with van der Waals surface area (Å²) in [6.45, 7) is 3.81. The average Bonchev–Trinajstić information content (AvgIpc) is 2.68. The monoisotopic (exact) mass is 362 g/mol. The van der Waals surface area contributed by atoms with Crippen LogP contribution in [0.4, 0.5) is 11.5 Å². The first-order chi connectivity index (χ1) is 13.1. The fourth-order valence-electron chi connectivity index (χ4n) is 2.74. The lowest BCUT2D eigenvalue weighted by atomic mass is 10.1. The van der Waals surface area contributed by atoms with Crippen LogP contribution in [0.5, 0.6) is 5.75 Å². The van der Waals surface area contributed by atoms with E-state index in [9.17, 15) is 4.79 Å². The minimum atomic E-state index is -0.319. The van der Waals surface area contributed by atoms with Gasteiger partial charge < -0.3 is 15.4 Å². The molecular weight excluding hydrogens is 340 g/mol. The van der Waals surface area contributed by atoms with E-state index in [1.807, 2.05) is 49.4 Å². The van der Waals surface area contributed by atoms with Crippen LogP contribution in [0.15, 0.2) is 60.7 Å². The third kappa shape index (κ3) is 4.61. The molecule has 0 saturated carbocycles. The maximum Gasteiger partial charge on any atom is 0.274 e. The Kier molecular flexibility index (Phi) is 5.66. The van der Waals surface area contributed by atoms with Crippen molar-refractivity contribution in [1.29, 1.82) is 0 Å². The molecule has 3 rings (SSSR count). The second kappa shape index (κ2) is 8.31. The molecule has 0 aliphatic heterocycles. The number of ether oxygens (including phenoxy) is 1. The van der Waals surface area contributed by atoms with Crippen molar-refractivity contribution in [3.8, 4) is 5.75 Å². The van der Waals surface area contributed by atoms with E-state index in [0.717, 1.165) is 5.56 Å². The fraction of sp³-hybridized carbons (Fsp3) is 0.190. The van der Waals surface area contributed by atoms with Crippen molar-refractivity contribution in [1.82, 2.24) is 9.97 Å². The second-order valence-electron chi connectivity index (χ2n) is 6.12. The number of nitrogens with one attached hydrogen (secondary N) is 2. The lowest BCUT2D eigenvalue weighted by Crippen LogP contribution is -2.17. The maximum absolute atomic E-state index is 12.7. The fourth-order valence-corrected chi connectivity index (χ4v) is 2.74. The van der Waals surface area contributed by atoms with Gasteiger partial charge >= 0.3 is 0 Å². The summed E-state index contributed by atoms with van der Waals surface area (Å²) in [5.41, 5.74) is 2.01. The molecule has 1 aromatic heterocycles. The minimum absolute atomic E-state index is 0.0469. The van der Waals surface area contributed by atoms with E-state index in [2.05, 4.69) is 20.6 Å². The molecule has 0 aliphatic rings. The lowest BCUT2D eigenvalue weighted by molar-refractivity contribution is 0.102. The Balaban J connectivity index is 1.79. The molecule has 0 radical (unpaired) electrons. The van der Waals surface area contributed by atoms with E-state index in [0.29, 0.717) is 23.1 Å². The summed E-state index contributed by atoms with van der Waals surface area (Å²) in [6, 6.07) is 19.0. The molecule has 1 amide bonds. The number of para-hydroxylation sites is 2. The van der Waals surface area contributed by atoms with Crippen molar-refractivity contribution in [3.63, 3.8) is 0 Å². The second-order valence-corrected chi connectivity index (χ2v) is 6.12. The molecule has 2 N–H and O–H groups in total. The SMILES string of the molecule is COc1ccccc1NC(=O)c1cc(NC(C)c2ccccc2)nc(C)n1. The smallest absolute Gasteiger partial charge is 0.274 e. The highest BCUT2D eigenvalue weighted by molar-refractivity contribution is 6.04. The summed E-state index contributed by atoms with van der Waals surface area (Å²) in [5, 5.41) is 6.16. The molecule has 1 atom stereocenters. The highest BCUT2D eigenvalue weighted by Crippen LogP contribution is 2.24. The van der Waals surface area contributed by atoms with Gasteiger partial charge in [-0.3, -0.25) is 4.79 Å². The van der Waals surface area contributed by atoms with E-state index in [1.165, 1.54) is 0 Å². The Hall–Kier alpha value is -3.41. The number of aromatic nitrogens is 2. The first-order valence-electron chi connectivity index (χ1n) is 8.68. The number of anilines is 2. The molecule has 6 heteroatoms. The maximum atomic E-state index is 12.7. The van der Waals surface area contributed by atoms with Crippen molar-refractivity contribution >= 4 is 17.4 Å². The highest BCUT2D eigenvalue weighted by Gasteiger charge is 2.14. The van der Waals surface area contributed by atoms with Gasteiger partial charge in [-0.2, -0.15) is 0 Å². The zero-order valence-corrected chi connectivity index (χ0v) is 15.6. The Morgan fingerprint density at radius 2 is 1.74 bits per heavy atom. The van der Waals surface area contributed by atoms with Crippen molar-refractivity contribution in [2.45, 2.75) is 19.9 Å². The summed E-state index contributed by atoms with van der Waals surface area (Å²) in [5.74, 6) is 1.39. The van der Waals surface area contributed by atoms with Crippen LogP contribution >= 0.6 is 0 Å². The summed E-state index contributed by atoms with van der Waals surface area (Å²) < 4.78 is 5.27. The van der Waals surface area contributed by atoms with Crippen LogP contribution in [0, 0.1) is 6.92 Å². The van der Waals surface area contributed by atoms with Gasteiger partial charge in [0.05, 0.1) is 12.8 Å². The zero-order valence-electron chi connectivity index (χ0n) is 15.6. The molecule has 1 heterocycles. The lowest BCUT2D eigenvalue weighted by Gasteiger charge is -2.16. The van der Waals surface area contributed by atoms with Crippen LogP contribution in [-0.4, -0.2) is 23.0 Å². The molecule has 0 bridgehead atoms. The number of aryl methyl sites for hydroxylation is 1. The van der Waals surface area contributed by atoms with Gasteiger partial charge in [-0.1, -0.05) is 42.5 Å². The van der Waals surface area contributed by atoms with Gasteiger partial charge in [0, 0.05) is 12.1 Å². The van der Waals surface area contributed by atoms with Crippen LogP contribution in [-0.2, 0) is 0 Å². The third-order valence-corrected chi connectivity index (χ3v) is 4.09. The van der Waals surface area contributed by atoms with Gasteiger partial charge in [0.25, 0.3) is 5.91 Å². The number of carbonyl (C=O) groups is 1. The van der Waals surface area contributed by atoms with Gasteiger partial charge in [-0.25, -0.2) is 9.97 Å². The van der Waals surface area contributed by atoms with Gasteiger partial charge in [-0.15, -0.1) is 0 Å². The van der Waals surface area contributed by atoms with E-state index in [4.69, 9.17) is 4.74 Å². The van der Waals surface area contributed by atoms with Crippen molar-refractivity contribution < 1.29 is 9.53 Å². The highest BCUT2D eigenvalue weighted by atomic mass is 16.5. The molecule has 0 fully saturated rings. The van der Waals surface area contributed by atoms with Crippen LogP contribution < -0.4 is 15.4 Å². The van der Waals surface area contributed by atoms with E-state index in [1.54, 1.807) is 32.2 Å². The number of carbonyl (C=O) groups excluding carboxylic acids is 1. The molecule has 138 valence electrons. The molecule has 0 spiro atoms. The molecule has 2 aromatic carbocycles. The van der Waals surface area contributed by atoms with Gasteiger partial charge in [0.15, 0.2) is 0 Å². The van der Waals surface area contributed by atoms with Crippen LogP contribution in [0.2, 0.25) is 0 Å². The Labute approximate surface area is 158 Å². The number of amides is 1. The number of hydrogen-bond acceptors (Lipinski definition) is 5. The molecule has 0 saturated heterocycles. The number of benzene rings is 2. The molecule has 0 aliphatic carbocycles. The number of hydrogen-bond donors (Lipinski definition) is 2. The van der Waals surface area contributed by atoms with Crippen molar-refractivity contribution in [2.24, 2.45) is 0 Å². The average molecular weight is 362 g/mol. The molecule has 27 heavy (non-hydrogen) atoms. The standard InChI is InChI=1S/C21H22N4O2/c1-14(16-9-5-4-6-10-16)22-20-13-18(23-15(2)24-20)21(26)25-17-11-7-8-12-19(17)27-3/h4-14H,1-3H3,(H,25,26)(H,22,23,24). The summed E-state index contributed by atoms with van der Waals surface area (Å²) in [6.07, 6.45) is 0. The number of rotatable bonds is 6. The van der Waals surface area contributed by atoms with Crippen LogP contribution in [0.1, 0.15) is 34.8 Å². The Bertz CT molecular complexity index is 928. The largest absolute Gasteiger partial charge is 0.495 e. The molecule has 6 nitrogen and oxygen atoms in total. The van der Waals surface area contributed by atoms with Gasteiger partial charge in [0.1, 0.15) is 23.1 Å². The van der Waals surface area contributed by atoms with Crippen molar-refractivity contribution in [3.05, 3.63) is 77.7 Å². The van der Waals surface area contributed by atoms with Crippen LogP contribution in [0.25, 0.3) is 0 Å². The number of methoxy groups -OCH3 is 1. The Morgan fingerprint density at radius 1 is 1.04 bits per heavy atom. The summed E-state index contributed by atoms with van der Waals surface area (Å²) in [7, 11) is 1.56. The molecule has 3 aromatic rings. The van der Waals surface area contributed by atoms with E-state index < -0.39 is 0 Å². The molecular formula is C21H22N4O2. The van der Waals surface area contributed by atoms with Crippen LogP contribution in [0.3, 0.4) is 0 Å². The topological polar surface area (TPSA) is 76.1 Å². The predicted octanol–water partition coefficient (Wildman–Crippen LogP) is 4.22. The Morgan fingerprint density at radius 3 is 2.48 bits per heavy atom. The normalized spacial score (nSPS) is 11.5. The zero-order chi connectivity index (χ0) is 19.2. The summed E-state index contributed by atoms with van der Waals surface area (Å²) >= 11 is 0. The first kappa shape index (κ1) is 18.4. The molecule has 1 unspecified atom stereocenters.